The maximum Gasteiger partial charge on any atom is 0.200 e. The Morgan fingerprint density at radius 2 is 1.74 bits per heavy atom. The van der Waals surface area contributed by atoms with Gasteiger partial charge in [0.15, 0.2) is 11.5 Å². The number of hydrogen-bond acceptors (Lipinski definition) is 6. The molecule has 0 radical (unpaired) electrons. The van der Waals surface area contributed by atoms with Crippen LogP contribution in [-0.4, -0.2) is 19.3 Å². The molecule has 0 amide bonds. The third-order valence-electron chi connectivity index (χ3n) is 3.04. The first-order valence-corrected chi connectivity index (χ1v) is 6.58. The van der Waals surface area contributed by atoms with Crippen LogP contribution < -0.4 is 15.2 Å². The van der Waals surface area contributed by atoms with E-state index in [1.54, 1.807) is 31.2 Å². The van der Waals surface area contributed by atoms with Crippen molar-refractivity contribution in [2.24, 2.45) is 5.73 Å². The Morgan fingerprint density at radius 3 is 2.17 bits per heavy atom. The van der Waals surface area contributed by atoms with Crippen LogP contribution in [-0.2, 0) is 0 Å². The van der Waals surface area contributed by atoms with Crippen LogP contribution in [0.5, 0.6) is 17.2 Å². The zero-order valence-electron chi connectivity index (χ0n) is 13.1. The number of nitrogens with two attached hydrogens (primary N) is 1. The lowest BCUT2D eigenvalue weighted by Gasteiger charge is -2.09. The van der Waals surface area contributed by atoms with E-state index in [4.69, 9.17) is 25.7 Å². The number of methoxy groups -OCH3 is 2. The molecule has 0 saturated carbocycles. The largest absolute Gasteiger partial charge is 0.502 e. The maximum absolute atomic E-state index is 9.84. The first-order valence-electron chi connectivity index (χ1n) is 6.58. The fourth-order valence-electron chi connectivity index (χ4n) is 1.71. The summed E-state index contributed by atoms with van der Waals surface area (Å²) in [7, 11) is 2.87. The first kappa shape index (κ1) is 17.7. The predicted octanol–water partition coefficient (Wildman–Crippen LogP) is 2.63. The van der Waals surface area contributed by atoms with E-state index in [0.29, 0.717) is 5.56 Å². The average Bonchev–Trinajstić information content (AvgIpc) is 2.58. The number of phenolic OH excluding ortho intramolecular Hbond substituents is 1. The third kappa shape index (κ3) is 4.29. The monoisotopic (exact) mass is 311 g/mol. The highest BCUT2D eigenvalue weighted by Crippen LogP contribution is 2.37. The van der Waals surface area contributed by atoms with E-state index in [2.05, 4.69) is 0 Å². The Bertz CT molecular complexity index is 737. The molecule has 0 aliphatic rings. The number of allylic oxidation sites excluding steroid dienone is 4. The molecule has 23 heavy (non-hydrogen) atoms. The van der Waals surface area contributed by atoms with Crippen LogP contribution in [0.3, 0.4) is 0 Å². The van der Waals surface area contributed by atoms with Crippen molar-refractivity contribution in [1.82, 2.24) is 0 Å². The zero-order chi connectivity index (χ0) is 17.4. The van der Waals surface area contributed by atoms with Crippen LogP contribution in [0.15, 0.2) is 41.1 Å². The third-order valence-corrected chi connectivity index (χ3v) is 3.04. The van der Waals surface area contributed by atoms with E-state index >= 15 is 0 Å². The highest BCUT2D eigenvalue weighted by Gasteiger charge is 2.09. The Hall–Kier alpha value is -3.38. The standard InChI is InChI=1S/C17H17N3O3/c1-11(9-18)16(20)13(10-19)6-4-5-12-7-14(22-2)17(21)15(8-12)23-3/h4-8,21H,20H2,1-3H3/b5-4+,13-6+,16-11+. The molecule has 0 aliphatic heterocycles. The Labute approximate surface area is 135 Å². The van der Waals surface area contributed by atoms with Gasteiger partial charge in [-0.25, -0.2) is 0 Å². The van der Waals surface area contributed by atoms with Crippen molar-refractivity contribution in [3.8, 4) is 29.4 Å². The van der Waals surface area contributed by atoms with Gasteiger partial charge in [-0.15, -0.1) is 0 Å². The summed E-state index contributed by atoms with van der Waals surface area (Å²) in [6.45, 7) is 1.54. The van der Waals surface area contributed by atoms with E-state index in [-0.39, 0.29) is 34.1 Å². The zero-order valence-corrected chi connectivity index (χ0v) is 13.1. The van der Waals surface area contributed by atoms with E-state index in [9.17, 15) is 5.11 Å². The molecule has 6 nitrogen and oxygen atoms in total. The van der Waals surface area contributed by atoms with Gasteiger partial charge in [-0.3, -0.25) is 0 Å². The molecule has 0 aliphatic carbocycles. The van der Waals surface area contributed by atoms with Crippen LogP contribution in [0, 0.1) is 22.7 Å². The van der Waals surface area contributed by atoms with Gasteiger partial charge in [-0.2, -0.15) is 10.5 Å². The lowest BCUT2D eigenvalue weighted by atomic mass is 10.1. The number of nitriles is 2. The minimum absolute atomic E-state index is 0.0859. The molecule has 0 spiro atoms. The number of ether oxygens (including phenoxy) is 2. The van der Waals surface area contributed by atoms with Crippen molar-refractivity contribution in [2.45, 2.75) is 6.92 Å². The molecule has 0 saturated heterocycles. The van der Waals surface area contributed by atoms with Crippen molar-refractivity contribution in [3.05, 3.63) is 46.7 Å². The van der Waals surface area contributed by atoms with Crippen LogP contribution in [0.4, 0.5) is 0 Å². The van der Waals surface area contributed by atoms with E-state index < -0.39 is 0 Å². The van der Waals surface area contributed by atoms with E-state index in [1.807, 2.05) is 12.1 Å². The summed E-state index contributed by atoms with van der Waals surface area (Å²) in [4.78, 5) is 0. The lowest BCUT2D eigenvalue weighted by molar-refractivity contribution is 0.340. The van der Waals surface area contributed by atoms with Gasteiger partial charge >= 0.3 is 0 Å². The minimum atomic E-state index is -0.0859. The number of rotatable bonds is 5. The normalized spacial score (nSPS) is 12.3. The van der Waals surface area contributed by atoms with Gasteiger partial charge < -0.3 is 20.3 Å². The van der Waals surface area contributed by atoms with Crippen molar-refractivity contribution < 1.29 is 14.6 Å². The molecule has 1 aromatic rings. The molecule has 0 bridgehead atoms. The molecule has 0 heterocycles. The Kier molecular flexibility index (Phi) is 6.27. The van der Waals surface area contributed by atoms with Crippen molar-refractivity contribution in [2.75, 3.05) is 14.2 Å². The number of aromatic hydroxyl groups is 1. The van der Waals surface area contributed by atoms with Gasteiger partial charge in [0.25, 0.3) is 0 Å². The second kappa shape index (κ2) is 8.16. The van der Waals surface area contributed by atoms with Crippen molar-refractivity contribution in [3.63, 3.8) is 0 Å². The van der Waals surface area contributed by atoms with E-state index in [1.165, 1.54) is 20.3 Å². The molecule has 6 heteroatoms. The van der Waals surface area contributed by atoms with Gasteiger partial charge in [0.05, 0.1) is 37.1 Å². The quantitative estimate of drug-likeness (QED) is 0.638. The molecule has 0 unspecified atom stereocenters. The molecular formula is C17H17N3O3. The van der Waals surface area contributed by atoms with Gasteiger partial charge in [-0.05, 0) is 30.7 Å². The summed E-state index contributed by atoms with van der Waals surface area (Å²) in [6.07, 6.45) is 4.81. The second-order valence-electron chi connectivity index (χ2n) is 4.48. The van der Waals surface area contributed by atoms with Gasteiger partial charge in [-0.1, -0.05) is 12.2 Å². The predicted molar refractivity (Wildman–Crippen MR) is 86.4 cm³/mol. The molecule has 3 N–H and O–H groups in total. The first-order chi connectivity index (χ1) is 11.0. The number of benzene rings is 1. The molecule has 0 fully saturated rings. The van der Waals surface area contributed by atoms with Gasteiger partial charge in [0, 0.05) is 0 Å². The Balaban J connectivity index is 3.18. The molecule has 118 valence electrons. The SMILES string of the molecule is COc1cc(/C=C/C=C(C#N)/C(N)=C(/C)C#N)cc(OC)c1O. The fourth-order valence-corrected chi connectivity index (χ4v) is 1.71. The molecule has 1 rings (SSSR count). The van der Waals surface area contributed by atoms with Crippen LogP contribution >= 0.6 is 0 Å². The molecule has 0 atom stereocenters. The van der Waals surface area contributed by atoms with Crippen LogP contribution in [0.1, 0.15) is 12.5 Å². The summed E-state index contributed by atoms with van der Waals surface area (Å²) in [5, 5.41) is 27.7. The van der Waals surface area contributed by atoms with Gasteiger partial charge in [0.1, 0.15) is 6.07 Å². The highest BCUT2D eigenvalue weighted by molar-refractivity contribution is 5.63. The Morgan fingerprint density at radius 1 is 1.17 bits per heavy atom. The maximum atomic E-state index is 9.84. The van der Waals surface area contributed by atoms with Gasteiger partial charge in [0.2, 0.25) is 5.75 Å². The topological polar surface area (TPSA) is 112 Å². The average molecular weight is 311 g/mol. The summed E-state index contributed by atoms with van der Waals surface area (Å²) >= 11 is 0. The lowest BCUT2D eigenvalue weighted by Crippen LogP contribution is -2.02. The summed E-state index contributed by atoms with van der Waals surface area (Å²) in [5.74, 6) is 0.457. The van der Waals surface area contributed by atoms with Crippen LogP contribution in [0.2, 0.25) is 0 Å². The number of hydrogen-bond donors (Lipinski definition) is 2. The van der Waals surface area contributed by atoms with E-state index in [0.717, 1.165) is 0 Å². The smallest absolute Gasteiger partial charge is 0.200 e. The molecule has 1 aromatic carbocycles. The van der Waals surface area contributed by atoms with Crippen molar-refractivity contribution in [1.29, 1.82) is 10.5 Å². The van der Waals surface area contributed by atoms with Crippen molar-refractivity contribution >= 4 is 6.08 Å². The molecule has 0 aromatic heterocycles. The fraction of sp³-hybridized carbons (Fsp3) is 0.176. The summed E-state index contributed by atoms with van der Waals surface area (Å²) < 4.78 is 10.1. The summed E-state index contributed by atoms with van der Waals surface area (Å²) in [6, 6.07) is 7.08. The number of phenols is 1. The van der Waals surface area contributed by atoms with Crippen LogP contribution in [0.25, 0.3) is 6.08 Å². The minimum Gasteiger partial charge on any atom is -0.502 e. The summed E-state index contributed by atoms with van der Waals surface area (Å²) in [5.41, 5.74) is 7.04. The number of nitrogens with zero attached hydrogens (tertiary/aromatic N) is 2. The molecular weight excluding hydrogens is 294 g/mol. The second-order valence-corrected chi connectivity index (χ2v) is 4.48. The highest BCUT2D eigenvalue weighted by atomic mass is 16.5.